The molecule has 0 aliphatic carbocycles. The fourth-order valence-corrected chi connectivity index (χ4v) is 4.55. The number of rotatable bonds is 29. The highest BCUT2D eigenvalue weighted by Crippen LogP contribution is 2.35. The average molecular weight is 627 g/mol. The minimum atomic E-state index is -4.75. The Kier molecular flexibility index (Phi) is 28.7. The van der Waals surface area contributed by atoms with Gasteiger partial charge in [-0.2, -0.15) is 0 Å². The average Bonchev–Trinajstić information content (AvgIpc) is 2.97. The highest BCUT2D eigenvalue weighted by Gasteiger charge is 2.22. The van der Waals surface area contributed by atoms with Crippen LogP contribution in [0.2, 0.25) is 0 Å². The van der Waals surface area contributed by atoms with Crippen molar-refractivity contribution in [1.82, 2.24) is 0 Å². The number of hydrogen-bond donors (Lipinski definition) is 2. The van der Waals surface area contributed by atoms with Gasteiger partial charge in [0.25, 0.3) is 0 Å². The molecule has 0 saturated carbocycles. The molecule has 0 fully saturated rings. The van der Waals surface area contributed by atoms with Gasteiger partial charge in [-0.15, -0.1) is 0 Å². The zero-order valence-electron chi connectivity index (χ0n) is 26.8. The minimum absolute atomic E-state index is 0.203. The Morgan fingerprint density at radius 2 is 1.12 bits per heavy atom. The molecule has 0 saturated heterocycles. The SMILES string of the molecule is CC/C=C\C/C=C\C/C=C\C/C=C\CCCCC(=O)OC[C@H](COP(=O)(O)O)OC(=O)CCCCCCCCCCCC. The normalized spacial score (nSPS) is 13.1. The molecule has 0 aliphatic heterocycles. The Labute approximate surface area is 261 Å². The number of phosphoric acid groups is 1. The summed E-state index contributed by atoms with van der Waals surface area (Å²) >= 11 is 0. The monoisotopic (exact) mass is 626 g/mol. The van der Waals surface area contributed by atoms with E-state index in [-0.39, 0.29) is 19.4 Å². The predicted molar refractivity (Wildman–Crippen MR) is 174 cm³/mol. The number of carbonyl (C=O) groups excluding carboxylic acids is 2. The van der Waals surface area contributed by atoms with Crippen LogP contribution in [0.25, 0.3) is 0 Å². The smallest absolute Gasteiger partial charge is 0.462 e. The summed E-state index contributed by atoms with van der Waals surface area (Å²) in [6.45, 7) is 3.48. The van der Waals surface area contributed by atoms with E-state index in [1.54, 1.807) is 0 Å². The molecule has 43 heavy (non-hydrogen) atoms. The molecule has 0 rings (SSSR count). The standard InChI is InChI=1S/C34H59O8P/c1-3-5-7-9-11-13-15-16-17-18-19-21-22-24-26-28-33(35)40-30-32(31-41-43(37,38)39)42-34(36)29-27-25-23-20-14-12-10-8-6-4-2/h5,7,11,13,16-17,19,21,32H,3-4,6,8-10,12,14-15,18,20,22-31H2,1-2H3,(H2,37,38,39)/b7-5-,13-11-,17-16-,21-19-/t32-/m1/s1. The van der Waals surface area contributed by atoms with Gasteiger partial charge in [-0.25, -0.2) is 4.57 Å². The third-order valence-electron chi connectivity index (χ3n) is 6.61. The molecule has 8 nitrogen and oxygen atoms in total. The van der Waals surface area contributed by atoms with Crippen molar-refractivity contribution in [3.05, 3.63) is 48.6 Å². The second-order valence-electron chi connectivity index (χ2n) is 10.8. The molecule has 0 amide bonds. The van der Waals surface area contributed by atoms with Crippen molar-refractivity contribution in [3.63, 3.8) is 0 Å². The molecule has 0 radical (unpaired) electrons. The Hall–Kier alpha value is -1.99. The summed E-state index contributed by atoms with van der Waals surface area (Å²) in [6.07, 6.45) is 34.1. The highest BCUT2D eigenvalue weighted by atomic mass is 31.2. The van der Waals surface area contributed by atoms with Gasteiger partial charge in [0.05, 0.1) is 6.61 Å². The maximum atomic E-state index is 12.3. The van der Waals surface area contributed by atoms with E-state index in [4.69, 9.17) is 19.3 Å². The van der Waals surface area contributed by atoms with Gasteiger partial charge >= 0.3 is 19.8 Å². The van der Waals surface area contributed by atoms with Crippen molar-refractivity contribution in [2.75, 3.05) is 13.2 Å². The van der Waals surface area contributed by atoms with Crippen molar-refractivity contribution in [3.8, 4) is 0 Å². The lowest BCUT2D eigenvalue weighted by Gasteiger charge is -2.18. The van der Waals surface area contributed by atoms with E-state index in [0.29, 0.717) is 12.8 Å². The molecule has 1 atom stereocenters. The van der Waals surface area contributed by atoms with Crippen LogP contribution in [-0.2, 0) is 28.2 Å². The van der Waals surface area contributed by atoms with Gasteiger partial charge in [0.15, 0.2) is 6.10 Å². The summed E-state index contributed by atoms with van der Waals surface area (Å²) in [7, 11) is -4.75. The molecule has 0 aromatic carbocycles. The Morgan fingerprint density at radius 3 is 1.67 bits per heavy atom. The van der Waals surface area contributed by atoms with Crippen LogP contribution in [0.3, 0.4) is 0 Å². The summed E-state index contributed by atoms with van der Waals surface area (Å²) in [5.74, 6) is -0.940. The third-order valence-corrected chi connectivity index (χ3v) is 7.10. The number of ether oxygens (including phenoxy) is 2. The van der Waals surface area contributed by atoms with E-state index in [1.807, 2.05) is 0 Å². The van der Waals surface area contributed by atoms with Crippen LogP contribution in [0.1, 0.15) is 136 Å². The zero-order chi connectivity index (χ0) is 31.9. The van der Waals surface area contributed by atoms with Gasteiger partial charge in [-0.05, 0) is 51.4 Å². The largest absolute Gasteiger partial charge is 0.469 e. The van der Waals surface area contributed by atoms with E-state index in [9.17, 15) is 14.2 Å². The first-order valence-corrected chi connectivity index (χ1v) is 18.0. The van der Waals surface area contributed by atoms with Crippen LogP contribution in [0.15, 0.2) is 48.6 Å². The van der Waals surface area contributed by atoms with Crippen molar-refractivity contribution in [2.24, 2.45) is 0 Å². The van der Waals surface area contributed by atoms with E-state index in [2.05, 4.69) is 67.0 Å². The molecule has 0 heterocycles. The van der Waals surface area contributed by atoms with Gasteiger partial charge in [0.2, 0.25) is 0 Å². The summed E-state index contributed by atoms with van der Waals surface area (Å²) < 4.78 is 26.1. The molecule has 0 unspecified atom stereocenters. The van der Waals surface area contributed by atoms with E-state index >= 15 is 0 Å². The Balaban J connectivity index is 4.11. The highest BCUT2D eigenvalue weighted by molar-refractivity contribution is 7.46. The first-order valence-electron chi connectivity index (χ1n) is 16.4. The first-order chi connectivity index (χ1) is 20.8. The van der Waals surface area contributed by atoms with Crippen LogP contribution < -0.4 is 0 Å². The minimum Gasteiger partial charge on any atom is -0.462 e. The predicted octanol–water partition coefficient (Wildman–Crippen LogP) is 9.23. The summed E-state index contributed by atoms with van der Waals surface area (Å²) in [5.41, 5.74) is 0. The molecule has 0 aromatic heterocycles. The lowest BCUT2D eigenvalue weighted by Crippen LogP contribution is -2.29. The van der Waals surface area contributed by atoms with Crippen molar-refractivity contribution < 1.29 is 37.9 Å². The second-order valence-corrected chi connectivity index (χ2v) is 12.0. The lowest BCUT2D eigenvalue weighted by atomic mass is 10.1. The van der Waals surface area contributed by atoms with Crippen molar-refractivity contribution >= 4 is 19.8 Å². The van der Waals surface area contributed by atoms with Crippen molar-refractivity contribution in [2.45, 2.75) is 142 Å². The summed E-state index contributed by atoms with van der Waals surface area (Å²) in [4.78, 5) is 42.4. The van der Waals surface area contributed by atoms with Gasteiger partial charge in [-0.1, -0.05) is 120 Å². The molecule has 0 bridgehead atoms. The molecular formula is C34H59O8P. The van der Waals surface area contributed by atoms with Crippen LogP contribution in [0.5, 0.6) is 0 Å². The van der Waals surface area contributed by atoms with E-state index in [0.717, 1.165) is 57.8 Å². The topological polar surface area (TPSA) is 119 Å². The van der Waals surface area contributed by atoms with Gasteiger partial charge in [0, 0.05) is 12.8 Å². The molecule has 0 aliphatic rings. The quantitative estimate of drug-likeness (QED) is 0.0365. The molecule has 2 N–H and O–H groups in total. The van der Waals surface area contributed by atoms with Gasteiger partial charge in [-0.3, -0.25) is 14.1 Å². The van der Waals surface area contributed by atoms with Gasteiger partial charge in [0.1, 0.15) is 6.61 Å². The Morgan fingerprint density at radius 1 is 0.628 bits per heavy atom. The maximum absolute atomic E-state index is 12.3. The number of unbranched alkanes of at least 4 members (excludes halogenated alkanes) is 11. The maximum Gasteiger partial charge on any atom is 0.469 e. The lowest BCUT2D eigenvalue weighted by molar-refractivity contribution is -0.161. The van der Waals surface area contributed by atoms with E-state index < -0.39 is 32.5 Å². The number of hydrogen-bond acceptors (Lipinski definition) is 6. The van der Waals surface area contributed by atoms with Crippen molar-refractivity contribution in [1.29, 1.82) is 0 Å². The summed E-state index contributed by atoms with van der Waals surface area (Å²) in [6, 6.07) is 0. The summed E-state index contributed by atoms with van der Waals surface area (Å²) in [5, 5.41) is 0. The zero-order valence-corrected chi connectivity index (χ0v) is 27.7. The van der Waals surface area contributed by atoms with Gasteiger partial charge < -0.3 is 19.3 Å². The number of allylic oxidation sites excluding steroid dienone is 8. The molecule has 9 heteroatoms. The molecular weight excluding hydrogens is 567 g/mol. The molecule has 0 spiro atoms. The Bertz CT molecular complexity index is 843. The van der Waals surface area contributed by atoms with E-state index in [1.165, 1.54) is 38.5 Å². The fraction of sp³-hybridized carbons (Fsp3) is 0.706. The number of esters is 2. The first kappa shape index (κ1) is 41.0. The van der Waals surface area contributed by atoms with Crippen LogP contribution in [0.4, 0.5) is 0 Å². The molecule has 0 aromatic rings. The second kappa shape index (κ2) is 30.1. The number of phosphoric ester groups is 1. The third kappa shape index (κ3) is 32.8. The molecule has 248 valence electrons. The van der Waals surface area contributed by atoms with Crippen LogP contribution in [-0.4, -0.2) is 41.0 Å². The number of carbonyl (C=O) groups is 2. The van der Waals surface area contributed by atoms with Crippen LogP contribution in [0, 0.1) is 0 Å². The fourth-order valence-electron chi connectivity index (χ4n) is 4.19. The van der Waals surface area contributed by atoms with Crippen LogP contribution >= 0.6 is 7.82 Å².